The zero-order valence-corrected chi connectivity index (χ0v) is 16.0. The molecule has 1 amide bonds. The molecule has 0 unspecified atom stereocenters. The number of fused-ring (bicyclic) bond motifs is 1. The van der Waals surface area contributed by atoms with Crippen LogP contribution < -0.4 is 19.5 Å². The molecule has 0 bridgehead atoms. The zero-order valence-electron chi connectivity index (χ0n) is 15.2. The van der Waals surface area contributed by atoms with Gasteiger partial charge in [-0.1, -0.05) is 19.9 Å². The normalized spacial score (nSPS) is 13.0. The molecule has 0 atom stereocenters. The number of carbonyl (C=O) groups is 1. The number of nitrogens with one attached hydrogen (secondary N) is 2. The van der Waals surface area contributed by atoms with Crippen molar-refractivity contribution in [3.63, 3.8) is 0 Å². The highest BCUT2D eigenvalue weighted by Gasteiger charge is 2.17. The van der Waals surface area contributed by atoms with E-state index in [0.717, 1.165) is 5.56 Å². The topological polar surface area (TPSA) is 93.7 Å². The molecule has 0 spiro atoms. The molecule has 0 saturated carbocycles. The van der Waals surface area contributed by atoms with Crippen molar-refractivity contribution in [2.75, 3.05) is 13.3 Å². The highest BCUT2D eigenvalue weighted by molar-refractivity contribution is 7.89. The first-order valence-corrected chi connectivity index (χ1v) is 10.1. The Kier molecular flexibility index (Phi) is 5.67. The smallest absolute Gasteiger partial charge is 0.251 e. The summed E-state index contributed by atoms with van der Waals surface area (Å²) in [5.74, 6) is 1.37. The van der Waals surface area contributed by atoms with Crippen LogP contribution in [0.5, 0.6) is 11.5 Å². The SMILES string of the molecule is CC(C)CNC(=O)c1ccc(S(=O)(=O)NCc2ccc3c(c2)OCO3)cc1. The Balaban J connectivity index is 1.63. The molecular weight excluding hydrogens is 368 g/mol. The molecule has 144 valence electrons. The summed E-state index contributed by atoms with van der Waals surface area (Å²) in [5.41, 5.74) is 1.18. The number of carbonyl (C=O) groups excluding carboxylic acids is 1. The van der Waals surface area contributed by atoms with Crippen LogP contribution in [0.25, 0.3) is 0 Å². The number of sulfonamides is 1. The van der Waals surface area contributed by atoms with E-state index >= 15 is 0 Å². The Morgan fingerprint density at radius 1 is 1.07 bits per heavy atom. The molecule has 2 aromatic carbocycles. The minimum absolute atomic E-state index is 0.101. The molecule has 27 heavy (non-hydrogen) atoms. The second-order valence-corrected chi connectivity index (χ2v) is 8.41. The van der Waals surface area contributed by atoms with Gasteiger partial charge in [-0.2, -0.15) is 0 Å². The molecule has 0 aliphatic carbocycles. The molecule has 1 aliphatic rings. The van der Waals surface area contributed by atoms with Crippen LogP contribution in [0.1, 0.15) is 29.8 Å². The second kappa shape index (κ2) is 7.98. The Labute approximate surface area is 158 Å². The largest absolute Gasteiger partial charge is 0.454 e. The van der Waals surface area contributed by atoms with Crippen molar-refractivity contribution in [2.45, 2.75) is 25.3 Å². The number of hydrogen-bond donors (Lipinski definition) is 2. The lowest BCUT2D eigenvalue weighted by molar-refractivity contribution is 0.0949. The van der Waals surface area contributed by atoms with Gasteiger partial charge in [0.05, 0.1) is 4.90 Å². The van der Waals surface area contributed by atoms with Gasteiger partial charge in [-0.25, -0.2) is 13.1 Å². The summed E-state index contributed by atoms with van der Waals surface area (Å²) in [7, 11) is -3.69. The Bertz CT molecular complexity index is 924. The number of amides is 1. The molecule has 7 nitrogen and oxygen atoms in total. The molecule has 0 radical (unpaired) electrons. The van der Waals surface area contributed by atoms with Crippen molar-refractivity contribution >= 4 is 15.9 Å². The fourth-order valence-corrected chi connectivity index (χ4v) is 3.51. The minimum atomic E-state index is -3.69. The predicted octanol–water partition coefficient (Wildman–Crippen LogP) is 2.28. The van der Waals surface area contributed by atoms with E-state index in [2.05, 4.69) is 10.0 Å². The molecular formula is C19H22N2O5S. The lowest BCUT2D eigenvalue weighted by Crippen LogP contribution is -2.27. The van der Waals surface area contributed by atoms with Gasteiger partial charge in [0.15, 0.2) is 11.5 Å². The fraction of sp³-hybridized carbons (Fsp3) is 0.316. The van der Waals surface area contributed by atoms with Gasteiger partial charge < -0.3 is 14.8 Å². The Hall–Kier alpha value is -2.58. The Morgan fingerprint density at radius 2 is 1.78 bits per heavy atom. The first-order valence-electron chi connectivity index (χ1n) is 8.61. The second-order valence-electron chi connectivity index (χ2n) is 6.64. The van der Waals surface area contributed by atoms with Crippen molar-refractivity contribution in [2.24, 2.45) is 5.92 Å². The van der Waals surface area contributed by atoms with Crippen molar-refractivity contribution in [1.82, 2.24) is 10.0 Å². The van der Waals surface area contributed by atoms with E-state index in [9.17, 15) is 13.2 Å². The first kappa shape index (κ1) is 19.2. The maximum atomic E-state index is 12.5. The van der Waals surface area contributed by atoms with Gasteiger partial charge in [0.1, 0.15) is 0 Å². The molecule has 2 N–H and O–H groups in total. The van der Waals surface area contributed by atoms with Crippen LogP contribution in [-0.2, 0) is 16.6 Å². The highest BCUT2D eigenvalue weighted by atomic mass is 32.2. The molecule has 1 heterocycles. The monoisotopic (exact) mass is 390 g/mol. The van der Waals surface area contributed by atoms with E-state index < -0.39 is 10.0 Å². The van der Waals surface area contributed by atoms with Crippen molar-refractivity contribution in [3.8, 4) is 11.5 Å². The molecule has 1 aliphatic heterocycles. The van der Waals surface area contributed by atoms with E-state index in [1.165, 1.54) is 24.3 Å². The van der Waals surface area contributed by atoms with Crippen LogP contribution in [0.3, 0.4) is 0 Å². The summed E-state index contributed by atoms with van der Waals surface area (Å²) in [6.07, 6.45) is 0. The number of rotatable bonds is 7. The molecule has 0 fully saturated rings. The zero-order chi connectivity index (χ0) is 19.4. The average molecular weight is 390 g/mol. The quantitative estimate of drug-likeness (QED) is 0.756. The van der Waals surface area contributed by atoms with Crippen LogP contribution in [0.2, 0.25) is 0 Å². The summed E-state index contributed by atoms with van der Waals surface area (Å²) >= 11 is 0. The van der Waals surface area contributed by atoms with Crippen molar-refractivity contribution in [3.05, 3.63) is 53.6 Å². The molecule has 3 rings (SSSR count). The van der Waals surface area contributed by atoms with Gasteiger partial charge >= 0.3 is 0 Å². The van der Waals surface area contributed by atoms with Gasteiger partial charge in [0.2, 0.25) is 16.8 Å². The van der Waals surface area contributed by atoms with Crippen LogP contribution in [0.4, 0.5) is 0 Å². The number of hydrogen-bond acceptors (Lipinski definition) is 5. The van der Waals surface area contributed by atoms with Crippen LogP contribution in [-0.4, -0.2) is 27.7 Å². The fourth-order valence-electron chi connectivity index (χ4n) is 2.50. The van der Waals surface area contributed by atoms with E-state index in [1.807, 2.05) is 13.8 Å². The van der Waals surface area contributed by atoms with Crippen LogP contribution in [0.15, 0.2) is 47.4 Å². The van der Waals surface area contributed by atoms with Gasteiger partial charge in [0, 0.05) is 18.7 Å². The highest BCUT2D eigenvalue weighted by Crippen LogP contribution is 2.32. The van der Waals surface area contributed by atoms with E-state index in [1.54, 1.807) is 18.2 Å². The number of benzene rings is 2. The Morgan fingerprint density at radius 3 is 2.48 bits per heavy atom. The minimum Gasteiger partial charge on any atom is -0.454 e. The van der Waals surface area contributed by atoms with E-state index in [4.69, 9.17) is 9.47 Å². The predicted molar refractivity (Wildman–Crippen MR) is 100 cm³/mol. The number of ether oxygens (including phenoxy) is 2. The lowest BCUT2D eigenvalue weighted by Gasteiger charge is -2.10. The first-order chi connectivity index (χ1) is 12.8. The van der Waals surface area contributed by atoms with Gasteiger partial charge in [-0.3, -0.25) is 4.79 Å². The van der Waals surface area contributed by atoms with Crippen LogP contribution >= 0.6 is 0 Å². The molecule has 2 aromatic rings. The van der Waals surface area contributed by atoms with Crippen molar-refractivity contribution < 1.29 is 22.7 Å². The summed E-state index contributed by atoms with van der Waals surface area (Å²) in [6, 6.07) is 11.1. The summed E-state index contributed by atoms with van der Waals surface area (Å²) in [6.45, 7) is 4.86. The van der Waals surface area contributed by atoms with Crippen LogP contribution in [0, 0.1) is 5.92 Å². The summed E-state index contributed by atoms with van der Waals surface area (Å²) < 4.78 is 38.0. The van der Waals surface area contributed by atoms with E-state index in [-0.39, 0.29) is 24.1 Å². The maximum absolute atomic E-state index is 12.5. The average Bonchev–Trinajstić information content (AvgIpc) is 3.12. The van der Waals surface area contributed by atoms with Gasteiger partial charge in [-0.05, 0) is 47.9 Å². The van der Waals surface area contributed by atoms with Gasteiger partial charge in [-0.15, -0.1) is 0 Å². The molecule has 8 heteroatoms. The summed E-state index contributed by atoms with van der Waals surface area (Å²) in [4.78, 5) is 12.1. The molecule has 0 saturated heterocycles. The lowest BCUT2D eigenvalue weighted by atomic mass is 10.2. The standard InChI is InChI=1S/C19H22N2O5S/c1-13(2)10-20-19(22)15-4-6-16(7-5-15)27(23,24)21-11-14-3-8-17-18(9-14)26-12-25-17/h3-9,13,21H,10-12H2,1-2H3,(H,20,22). The third kappa shape index (κ3) is 4.78. The third-order valence-corrected chi connectivity index (χ3v) is 5.42. The van der Waals surface area contributed by atoms with E-state index in [0.29, 0.717) is 29.5 Å². The maximum Gasteiger partial charge on any atom is 0.251 e. The van der Waals surface area contributed by atoms with Crippen molar-refractivity contribution in [1.29, 1.82) is 0 Å². The van der Waals surface area contributed by atoms with Gasteiger partial charge in [0.25, 0.3) is 5.91 Å². The summed E-state index contributed by atoms with van der Waals surface area (Å²) in [5, 5.41) is 2.80. The third-order valence-electron chi connectivity index (χ3n) is 4.00. The molecule has 0 aromatic heterocycles.